The van der Waals surface area contributed by atoms with Crippen LogP contribution in [0.15, 0.2) is 35.7 Å². The first-order chi connectivity index (χ1) is 9.28. The average molecular weight is 290 g/mol. The fraction of sp³-hybridized carbons (Fsp3) is 0.133. The molecule has 4 heteroatoms. The van der Waals surface area contributed by atoms with E-state index in [1.807, 2.05) is 35.7 Å². The maximum atomic E-state index is 12.0. The largest absolute Gasteiger partial charge is 0.321 e. The van der Waals surface area contributed by atoms with Crippen molar-refractivity contribution in [3.05, 3.63) is 51.7 Å². The molecule has 1 aromatic heterocycles. The number of hydrogen-bond donors (Lipinski definition) is 1. The second kappa shape index (κ2) is 5.19. The van der Waals surface area contributed by atoms with E-state index in [2.05, 4.69) is 11.4 Å². The van der Waals surface area contributed by atoms with Crippen LogP contribution in [0.2, 0.25) is 0 Å². The molecule has 0 atom stereocenters. The van der Waals surface area contributed by atoms with Crippen LogP contribution >= 0.6 is 22.9 Å². The minimum Gasteiger partial charge on any atom is -0.321 e. The number of hydrogen-bond acceptors (Lipinski definition) is 2. The number of thiophene rings is 1. The molecule has 1 N–H and O–H groups in total. The van der Waals surface area contributed by atoms with E-state index in [9.17, 15) is 4.79 Å². The van der Waals surface area contributed by atoms with E-state index in [0.717, 1.165) is 33.7 Å². The van der Waals surface area contributed by atoms with E-state index in [4.69, 9.17) is 11.6 Å². The Balaban J connectivity index is 2.05. The van der Waals surface area contributed by atoms with Gasteiger partial charge in [-0.05, 0) is 41.6 Å². The standard InChI is InChI=1S/C15H12ClNOS/c16-6-5-10-3-4-14-12(8-10)13(15(18)17-14)9-11-2-1-7-19-11/h1-4,7-9H,5-6H2,(H,17,18). The first-order valence-corrected chi connectivity index (χ1v) is 7.45. The van der Waals surface area contributed by atoms with Crippen molar-refractivity contribution in [3.63, 3.8) is 0 Å². The number of nitrogens with one attached hydrogen (secondary N) is 1. The van der Waals surface area contributed by atoms with Gasteiger partial charge >= 0.3 is 0 Å². The Morgan fingerprint density at radius 2 is 2.21 bits per heavy atom. The molecule has 1 amide bonds. The Hall–Kier alpha value is -1.58. The van der Waals surface area contributed by atoms with Crippen LogP contribution in [0.4, 0.5) is 5.69 Å². The van der Waals surface area contributed by atoms with Crippen molar-refractivity contribution in [2.24, 2.45) is 0 Å². The summed E-state index contributed by atoms with van der Waals surface area (Å²) in [6.07, 6.45) is 2.76. The SMILES string of the molecule is O=C1Nc2ccc(CCCl)cc2C1=Cc1cccs1. The quantitative estimate of drug-likeness (QED) is 0.671. The van der Waals surface area contributed by atoms with Crippen molar-refractivity contribution >= 4 is 46.2 Å². The zero-order chi connectivity index (χ0) is 13.2. The summed E-state index contributed by atoms with van der Waals surface area (Å²) >= 11 is 7.40. The van der Waals surface area contributed by atoms with Crippen LogP contribution in [0.1, 0.15) is 16.0 Å². The summed E-state index contributed by atoms with van der Waals surface area (Å²) in [5.74, 6) is 0.552. The van der Waals surface area contributed by atoms with Gasteiger partial charge in [0, 0.05) is 22.0 Å². The third-order valence-electron chi connectivity index (χ3n) is 3.08. The zero-order valence-corrected chi connectivity index (χ0v) is 11.7. The molecule has 96 valence electrons. The van der Waals surface area contributed by atoms with E-state index in [1.165, 1.54) is 0 Å². The topological polar surface area (TPSA) is 29.1 Å². The van der Waals surface area contributed by atoms with Crippen LogP contribution in [0, 0.1) is 0 Å². The number of alkyl halides is 1. The van der Waals surface area contributed by atoms with Crippen LogP contribution < -0.4 is 5.32 Å². The summed E-state index contributed by atoms with van der Waals surface area (Å²) in [7, 11) is 0. The van der Waals surface area contributed by atoms with Gasteiger partial charge in [0.15, 0.2) is 0 Å². The van der Waals surface area contributed by atoms with E-state index in [0.29, 0.717) is 5.88 Å². The highest BCUT2D eigenvalue weighted by atomic mass is 35.5. The molecule has 0 fully saturated rings. The smallest absolute Gasteiger partial charge is 0.256 e. The number of halogens is 1. The van der Waals surface area contributed by atoms with Crippen LogP contribution in [0.5, 0.6) is 0 Å². The number of amides is 1. The zero-order valence-electron chi connectivity index (χ0n) is 10.2. The Morgan fingerprint density at radius 1 is 1.32 bits per heavy atom. The molecule has 2 heterocycles. The predicted octanol–water partition coefficient (Wildman–Crippen LogP) is 4.02. The lowest BCUT2D eigenvalue weighted by Gasteiger charge is -2.02. The molecule has 19 heavy (non-hydrogen) atoms. The van der Waals surface area contributed by atoms with Crippen molar-refractivity contribution in [1.29, 1.82) is 0 Å². The summed E-state index contributed by atoms with van der Waals surface area (Å²) in [5.41, 5.74) is 3.74. The van der Waals surface area contributed by atoms with Crippen molar-refractivity contribution in [2.45, 2.75) is 6.42 Å². The third-order valence-corrected chi connectivity index (χ3v) is 4.09. The molecule has 0 spiro atoms. The lowest BCUT2D eigenvalue weighted by Crippen LogP contribution is -2.03. The average Bonchev–Trinajstić information content (AvgIpc) is 3.00. The van der Waals surface area contributed by atoms with Crippen molar-refractivity contribution in [2.75, 3.05) is 11.2 Å². The molecule has 0 radical (unpaired) electrons. The fourth-order valence-electron chi connectivity index (χ4n) is 2.16. The fourth-order valence-corrected chi connectivity index (χ4v) is 3.03. The Labute approximate surface area is 120 Å². The molecule has 0 aliphatic carbocycles. The normalized spacial score (nSPS) is 15.6. The van der Waals surface area contributed by atoms with Crippen molar-refractivity contribution in [3.8, 4) is 0 Å². The summed E-state index contributed by atoms with van der Waals surface area (Å²) < 4.78 is 0. The molecule has 1 aliphatic rings. The van der Waals surface area contributed by atoms with Gasteiger partial charge in [-0.1, -0.05) is 12.1 Å². The lowest BCUT2D eigenvalue weighted by molar-refractivity contribution is -0.110. The summed E-state index contributed by atoms with van der Waals surface area (Å²) in [6.45, 7) is 0. The number of carbonyl (C=O) groups excluding carboxylic acids is 1. The summed E-state index contributed by atoms with van der Waals surface area (Å²) in [5, 5.41) is 4.90. The van der Waals surface area contributed by atoms with Crippen molar-refractivity contribution < 1.29 is 4.79 Å². The molecule has 2 aromatic rings. The van der Waals surface area contributed by atoms with Gasteiger partial charge in [-0.25, -0.2) is 0 Å². The van der Waals surface area contributed by atoms with Crippen LogP contribution in [-0.4, -0.2) is 11.8 Å². The number of fused-ring (bicyclic) bond motifs is 1. The van der Waals surface area contributed by atoms with E-state index < -0.39 is 0 Å². The molecule has 3 rings (SSSR count). The van der Waals surface area contributed by atoms with Crippen LogP contribution in [0.3, 0.4) is 0 Å². The highest BCUT2D eigenvalue weighted by molar-refractivity contribution is 7.11. The first-order valence-electron chi connectivity index (χ1n) is 6.04. The Kier molecular flexibility index (Phi) is 3.40. The van der Waals surface area contributed by atoms with E-state index in [-0.39, 0.29) is 5.91 Å². The number of benzene rings is 1. The van der Waals surface area contributed by atoms with Gasteiger partial charge in [0.05, 0.1) is 5.57 Å². The number of aryl methyl sites for hydroxylation is 1. The molecule has 1 aromatic carbocycles. The Bertz CT molecular complexity index is 646. The highest BCUT2D eigenvalue weighted by Gasteiger charge is 2.24. The number of rotatable bonds is 3. The molecule has 1 aliphatic heterocycles. The maximum Gasteiger partial charge on any atom is 0.256 e. The molecule has 2 nitrogen and oxygen atoms in total. The monoisotopic (exact) mass is 289 g/mol. The van der Waals surface area contributed by atoms with Crippen LogP contribution in [-0.2, 0) is 11.2 Å². The first kappa shape index (κ1) is 12.5. The van der Waals surface area contributed by atoms with Crippen LogP contribution in [0.25, 0.3) is 11.6 Å². The van der Waals surface area contributed by atoms with Crippen molar-refractivity contribution in [1.82, 2.24) is 0 Å². The van der Waals surface area contributed by atoms with E-state index >= 15 is 0 Å². The van der Waals surface area contributed by atoms with Gasteiger partial charge in [0.2, 0.25) is 0 Å². The number of anilines is 1. The lowest BCUT2D eigenvalue weighted by atomic mass is 10.0. The second-order valence-electron chi connectivity index (χ2n) is 4.35. The summed E-state index contributed by atoms with van der Waals surface area (Å²) in [6, 6.07) is 10.00. The predicted molar refractivity (Wildman–Crippen MR) is 81.7 cm³/mol. The third kappa shape index (κ3) is 2.44. The molecule has 0 unspecified atom stereocenters. The number of carbonyl (C=O) groups is 1. The van der Waals surface area contributed by atoms with Gasteiger partial charge in [-0.3, -0.25) is 4.79 Å². The minimum atomic E-state index is -0.0357. The second-order valence-corrected chi connectivity index (χ2v) is 5.70. The van der Waals surface area contributed by atoms with Gasteiger partial charge in [-0.15, -0.1) is 22.9 Å². The van der Waals surface area contributed by atoms with Gasteiger partial charge < -0.3 is 5.32 Å². The minimum absolute atomic E-state index is 0.0357. The molecular formula is C15H12ClNOS. The van der Waals surface area contributed by atoms with Gasteiger partial charge in [-0.2, -0.15) is 0 Å². The summed E-state index contributed by atoms with van der Waals surface area (Å²) in [4.78, 5) is 13.1. The molecule has 0 saturated heterocycles. The Morgan fingerprint density at radius 3 is 2.95 bits per heavy atom. The molecule has 0 saturated carbocycles. The van der Waals surface area contributed by atoms with E-state index in [1.54, 1.807) is 11.3 Å². The van der Waals surface area contributed by atoms with Gasteiger partial charge in [0.25, 0.3) is 5.91 Å². The molecule has 0 bridgehead atoms. The maximum absolute atomic E-state index is 12.0. The highest BCUT2D eigenvalue weighted by Crippen LogP contribution is 2.34. The van der Waals surface area contributed by atoms with Gasteiger partial charge in [0.1, 0.15) is 0 Å². The molecular weight excluding hydrogens is 278 g/mol.